The molecule has 1 aliphatic heterocycles. The minimum atomic E-state index is -0.746. The van der Waals surface area contributed by atoms with Crippen LogP contribution in [-0.4, -0.2) is 30.0 Å². The third-order valence-corrected chi connectivity index (χ3v) is 3.75. The number of carbonyl (C=O) groups excluding carboxylic acids is 2. The van der Waals surface area contributed by atoms with Gasteiger partial charge in [0, 0.05) is 29.7 Å². The number of nitrogens with zero attached hydrogens (tertiary/aromatic N) is 1. The van der Waals surface area contributed by atoms with Crippen LogP contribution in [0.2, 0.25) is 0 Å². The summed E-state index contributed by atoms with van der Waals surface area (Å²) in [5.74, 6) is -0.373. The van der Waals surface area contributed by atoms with Crippen molar-refractivity contribution in [1.82, 2.24) is 4.98 Å². The molecule has 1 aromatic heterocycles. The molecule has 7 heteroatoms. The van der Waals surface area contributed by atoms with Crippen molar-refractivity contribution in [2.75, 3.05) is 23.3 Å². The molecule has 1 saturated heterocycles. The van der Waals surface area contributed by atoms with E-state index in [1.165, 1.54) is 12.8 Å². The second-order valence-corrected chi connectivity index (χ2v) is 5.15. The summed E-state index contributed by atoms with van der Waals surface area (Å²) in [6.07, 6.45) is 2.37. The van der Waals surface area contributed by atoms with Crippen LogP contribution in [0.5, 0.6) is 0 Å². The first-order valence-corrected chi connectivity index (χ1v) is 6.83. The van der Waals surface area contributed by atoms with E-state index in [4.69, 9.17) is 11.5 Å². The minimum absolute atomic E-state index is 0.239. The number of hydrogen-bond acceptors (Lipinski definition) is 3. The topological polar surface area (TPSA) is 117 Å². The van der Waals surface area contributed by atoms with Gasteiger partial charge in [-0.15, -0.1) is 0 Å². The normalized spacial score (nSPS) is 14.6. The van der Waals surface area contributed by atoms with E-state index < -0.39 is 11.9 Å². The van der Waals surface area contributed by atoms with Crippen LogP contribution in [0.25, 0.3) is 10.9 Å². The summed E-state index contributed by atoms with van der Waals surface area (Å²) < 4.78 is 0. The Bertz CT molecular complexity index is 715. The van der Waals surface area contributed by atoms with E-state index in [-0.39, 0.29) is 11.4 Å². The van der Waals surface area contributed by atoms with Crippen molar-refractivity contribution in [2.24, 2.45) is 11.5 Å². The van der Waals surface area contributed by atoms with E-state index in [0.29, 0.717) is 5.39 Å². The summed E-state index contributed by atoms with van der Waals surface area (Å²) in [5.41, 5.74) is 12.6. The lowest BCUT2D eigenvalue weighted by molar-refractivity contribution is 0.100. The highest BCUT2D eigenvalue weighted by Gasteiger charge is 2.19. The van der Waals surface area contributed by atoms with Crippen LogP contribution in [0, 0.1) is 0 Å². The van der Waals surface area contributed by atoms with Gasteiger partial charge >= 0.3 is 6.03 Å². The van der Waals surface area contributed by atoms with Gasteiger partial charge in [-0.2, -0.15) is 0 Å². The summed E-state index contributed by atoms with van der Waals surface area (Å²) in [4.78, 5) is 27.9. The molecule has 6 N–H and O–H groups in total. The Kier molecular flexibility index (Phi) is 3.17. The molecule has 0 saturated carbocycles. The molecule has 3 amide bonds. The van der Waals surface area contributed by atoms with Crippen molar-refractivity contribution in [3.63, 3.8) is 0 Å². The maximum Gasteiger partial charge on any atom is 0.317 e. The Hall–Kier alpha value is -2.70. The first-order valence-electron chi connectivity index (χ1n) is 6.83. The van der Waals surface area contributed by atoms with E-state index >= 15 is 0 Å². The quantitative estimate of drug-likeness (QED) is 0.682. The number of fused-ring (bicyclic) bond motifs is 1. The van der Waals surface area contributed by atoms with E-state index in [1.807, 2.05) is 18.2 Å². The average Bonchev–Trinajstić information content (AvgIpc) is 3.03. The molecule has 0 spiro atoms. The zero-order valence-electron chi connectivity index (χ0n) is 11.5. The van der Waals surface area contributed by atoms with E-state index in [2.05, 4.69) is 15.2 Å². The third kappa shape index (κ3) is 2.37. The van der Waals surface area contributed by atoms with Crippen LogP contribution in [0.3, 0.4) is 0 Å². The van der Waals surface area contributed by atoms with Gasteiger partial charge in [0.05, 0.1) is 5.56 Å². The van der Waals surface area contributed by atoms with Crippen molar-refractivity contribution in [1.29, 1.82) is 0 Å². The number of amides is 3. The number of rotatable bonds is 3. The van der Waals surface area contributed by atoms with Crippen LogP contribution < -0.4 is 21.7 Å². The second kappa shape index (κ2) is 5.01. The van der Waals surface area contributed by atoms with Gasteiger partial charge in [-0.05, 0) is 31.0 Å². The molecule has 0 bridgehead atoms. The molecule has 110 valence electrons. The lowest BCUT2D eigenvalue weighted by atomic mass is 10.1. The van der Waals surface area contributed by atoms with Gasteiger partial charge in [-0.1, -0.05) is 0 Å². The fourth-order valence-electron chi connectivity index (χ4n) is 2.83. The molecule has 0 aliphatic carbocycles. The monoisotopic (exact) mass is 287 g/mol. The van der Waals surface area contributed by atoms with Crippen LogP contribution in [0.1, 0.15) is 23.2 Å². The number of carbonyl (C=O) groups is 2. The molecule has 0 unspecified atom stereocenters. The van der Waals surface area contributed by atoms with Crippen molar-refractivity contribution in [3.05, 3.63) is 23.8 Å². The number of H-pyrrole nitrogens is 1. The summed E-state index contributed by atoms with van der Waals surface area (Å²) in [6, 6.07) is 5.01. The molecule has 0 radical (unpaired) electrons. The predicted molar refractivity (Wildman–Crippen MR) is 81.5 cm³/mol. The highest BCUT2D eigenvalue weighted by atomic mass is 16.2. The molecule has 1 aliphatic rings. The van der Waals surface area contributed by atoms with E-state index in [9.17, 15) is 9.59 Å². The van der Waals surface area contributed by atoms with Crippen LogP contribution in [-0.2, 0) is 0 Å². The number of anilines is 2. The minimum Gasteiger partial charge on any atom is -0.371 e. The largest absolute Gasteiger partial charge is 0.371 e. The van der Waals surface area contributed by atoms with Crippen molar-refractivity contribution in [2.45, 2.75) is 12.8 Å². The van der Waals surface area contributed by atoms with Crippen molar-refractivity contribution < 1.29 is 9.59 Å². The first kappa shape index (κ1) is 13.3. The van der Waals surface area contributed by atoms with Gasteiger partial charge in [0.25, 0.3) is 5.91 Å². The number of primary amides is 2. The Morgan fingerprint density at radius 3 is 2.52 bits per heavy atom. The van der Waals surface area contributed by atoms with E-state index in [0.717, 1.165) is 24.3 Å². The summed E-state index contributed by atoms with van der Waals surface area (Å²) >= 11 is 0. The van der Waals surface area contributed by atoms with Gasteiger partial charge in [0.2, 0.25) is 0 Å². The molecular formula is C14H17N5O2. The predicted octanol–water partition coefficient (Wildman–Crippen LogP) is 1.36. The molecule has 0 atom stereocenters. The number of aromatic amines is 1. The van der Waals surface area contributed by atoms with Gasteiger partial charge in [0.15, 0.2) is 0 Å². The smallest absolute Gasteiger partial charge is 0.317 e. The first-order chi connectivity index (χ1) is 10.1. The van der Waals surface area contributed by atoms with Gasteiger partial charge in [0.1, 0.15) is 5.82 Å². The third-order valence-electron chi connectivity index (χ3n) is 3.75. The number of nitrogens with two attached hydrogens (primary N) is 2. The van der Waals surface area contributed by atoms with Crippen LogP contribution in [0.4, 0.5) is 16.3 Å². The summed E-state index contributed by atoms with van der Waals surface area (Å²) in [5, 5.41) is 3.08. The van der Waals surface area contributed by atoms with Crippen molar-refractivity contribution in [3.8, 4) is 0 Å². The molecule has 1 fully saturated rings. The fraction of sp³-hybridized carbons (Fsp3) is 0.286. The summed E-state index contributed by atoms with van der Waals surface area (Å²) in [7, 11) is 0. The Balaban J connectivity index is 2.09. The SMILES string of the molecule is NC(=O)Nc1[nH]c2cc(N3CCCC3)ccc2c1C(N)=O. The second-order valence-electron chi connectivity index (χ2n) is 5.15. The molecular weight excluding hydrogens is 270 g/mol. The fourth-order valence-corrected chi connectivity index (χ4v) is 2.83. The van der Waals surface area contributed by atoms with Crippen LogP contribution in [0.15, 0.2) is 18.2 Å². The number of benzene rings is 1. The Labute approximate surface area is 121 Å². The van der Waals surface area contributed by atoms with Crippen molar-refractivity contribution >= 4 is 34.3 Å². The summed E-state index contributed by atoms with van der Waals surface area (Å²) in [6.45, 7) is 2.06. The lowest BCUT2D eigenvalue weighted by Gasteiger charge is -2.17. The number of aromatic nitrogens is 1. The standard InChI is InChI=1S/C14H17N5O2/c15-12(20)11-9-4-3-8(19-5-1-2-6-19)7-10(9)17-13(11)18-14(16)21/h3-4,7,17H,1-2,5-6H2,(H2,15,20)(H3,16,18,21). The Morgan fingerprint density at radius 1 is 1.19 bits per heavy atom. The molecule has 2 heterocycles. The highest BCUT2D eigenvalue weighted by Crippen LogP contribution is 2.30. The maximum atomic E-state index is 11.6. The molecule has 1 aromatic carbocycles. The molecule has 7 nitrogen and oxygen atoms in total. The number of hydrogen-bond donors (Lipinski definition) is 4. The molecule has 3 rings (SSSR count). The zero-order chi connectivity index (χ0) is 15.0. The van der Waals surface area contributed by atoms with Crippen LogP contribution >= 0.6 is 0 Å². The van der Waals surface area contributed by atoms with Gasteiger partial charge < -0.3 is 21.4 Å². The Morgan fingerprint density at radius 2 is 1.90 bits per heavy atom. The maximum absolute atomic E-state index is 11.6. The highest BCUT2D eigenvalue weighted by molar-refractivity contribution is 6.13. The molecule has 21 heavy (non-hydrogen) atoms. The number of urea groups is 1. The van der Waals surface area contributed by atoms with Gasteiger partial charge in [-0.25, -0.2) is 4.79 Å². The lowest BCUT2D eigenvalue weighted by Crippen LogP contribution is -2.22. The van der Waals surface area contributed by atoms with Gasteiger partial charge in [-0.3, -0.25) is 10.1 Å². The average molecular weight is 287 g/mol. The number of nitrogens with one attached hydrogen (secondary N) is 2. The van der Waals surface area contributed by atoms with E-state index in [1.54, 1.807) is 0 Å². The zero-order valence-corrected chi connectivity index (χ0v) is 11.5. The molecule has 2 aromatic rings.